The van der Waals surface area contributed by atoms with E-state index in [0.717, 1.165) is 37.0 Å². The lowest BCUT2D eigenvalue weighted by molar-refractivity contribution is -0.159. The first-order chi connectivity index (χ1) is 12.1. The lowest BCUT2D eigenvalue weighted by atomic mass is 10.0. The van der Waals surface area contributed by atoms with Gasteiger partial charge in [-0.3, -0.25) is 9.59 Å². The number of carbonyl (C=O) groups is 2. The number of hydrogen-bond acceptors (Lipinski definition) is 8. The molecular weight excluding hydrogens is 326 g/mol. The van der Waals surface area contributed by atoms with Crippen LogP contribution in [0, 0.1) is 5.92 Å². The van der Waals surface area contributed by atoms with E-state index in [1.807, 2.05) is 4.57 Å². The molecule has 0 saturated carbocycles. The van der Waals surface area contributed by atoms with Crippen molar-refractivity contribution in [1.29, 1.82) is 0 Å². The molecule has 1 N–H and O–H groups in total. The number of aromatic nitrogens is 4. The molecule has 0 spiro atoms. The van der Waals surface area contributed by atoms with E-state index < -0.39 is 17.9 Å². The summed E-state index contributed by atoms with van der Waals surface area (Å²) in [5.74, 6) is -1.26. The number of esters is 2. The molecule has 136 valence electrons. The van der Waals surface area contributed by atoms with Crippen molar-refractivity contribution in [3.8, 4) is 0 Å². The van der Waals surface area contributed by atoms with E-state index in [2.05, 4.69) is 29.7 Å². The van der Waals surface area contributed by atoms with Gasteiger partial charge in [-0.1, -0.05) is 12.8 Å². The van der Waals surface area contributed by atoms with Crippen LogP contribution in [0.5, 0.6) is 0 Å². The van der Waals surface area contributed by atoms with E-state index in [-0.39, 0.29) is 0 Å². The summed E-state index contributed by atoms with van der Waals surface area (Å²) < 4.78 is 11.3. The molecule has 0 radical (unpaired) electrons. The van der Waals surface area contributed by atoms with Gasteiger partial charge < -0.3 is 19.4 Å². The average molecular weight is 349 g/mol. The third kappa shape index (κ3) is 4.43. The quantitative estimate of drug-likeness (QED) is 0.411. The minimum atomic E-state index is -0.852. The van der Waals surface area contributed by atoms with Gasteiger partial charge in [0.25, 0.3) is 0 Å². The standard InChI is InChI=1S/C16H23N5O4/c1-17-13-12-14(19-9-18-13)21(10-20-12)8-6-4-5-7-11(15(22)24-2)16(23)25-3/h9-11H,4-8H2,1-3H3,(H,17,18,19). The maximum absolute atomic E-state index is 11.6. The van der Waals surface area contributed by atoms with E-state index >= 15 is 0 Å². The molecule has 0 aliphatic rings. The Morgan fingerprint density at radius 3 is 2.48 bits per heavy atom. The first-order valence-electron chi connectivity index (χ1n) is 8.11. The summed E-state index contributed by atoms with van der Waals surface area (Å²) in [4.78, 5) is 36.0. The van der Waals surface area contributed by atoms with Gasteiger partial charge in [-0.15, -0.1) is 0 Å². The van der Waals surface area contributed by atoms with Crippen LogP contribution in [0.15, 0.2) is 12.7 Å². The molecular formula is C16H23N5O4. The lowest BCUT2D eigenvalue weighted by Crippen LogP contribution is -2.26. The highest BCUT2D eigenvalue weighted by Gasteiger charge is 2.27. The topological polar surface area (TPSA) is 108 Å². The average Bonchev–Trinajstić information content (AvgIpc) is 3.06. The molecule has 2 aromatic rings. The third-order valence-electron chi connectivity index (χ3n) is 4.00. The van der Waals surface area contributed by atoms with Crippen LogP contribution >= 0.6 is 0 Å². The summed E-state index contributed by atoms with van der Waals surface area (Å²) in [5, 5.41) is 2.99. The van der Waals surface area contributed by atoms with Gasteiger partial charge in [-0.25, -0.2) is 15.0 Å². The molecule has 0 aliphatic carbocycles. The second-order valence-corrected chi connectivity index (χ2v) is 5.53. The van der Waals surface area contributed by atoms with E-state index in [0.29, 0.717) is 12.2 Å². The SMILES string of the molecule is CNc1ncnc2c1ncn2CCCCCC(C(=O)OC)C(=O)OC. The number of aryl methyl sites for hydroxylation is 1. The van der Waals surface area contributed by atoms with E-state index in [1.54, 1.807) is 13.4 Å². The molecule has 2 rings (SSSR count). The molecule has 0 amide bonds. The van der Waals surface area contributed by atoms with Gasteiger partial charge in [0.1, 0.15) is 11.8 Å². The largest absolute Gasteiger partial charge is 0.468 e. The van der Waals surface area contributed by atoms with Crippen molar-refractivity contribution >= 4 is 28.9 Å². The zero-order chi connectivity index (χ0) is 18.2. The molecule has 0 aromatic carbocycles. The summed E-state index contributed by atoms with van der Waals surface area (Å²) >= 11 is 0. The fourth-order valence-corrected chi connectivity index (χ4v) is 2.65. The zero-order valence-corrected chi connectivity index (χ0v) is 14.7. The summed E-state index contributed by atoms with van der Waals surface area (Å²) in [7, 11) is 4.33. The van der Waals surface area contributed by atoms with Crippen LogP contribution in [-0.4, -0.2) is 52.7 Å². The van der Waals surface area contributed by atoms with Gasteiger partial charge in [0.05, 0.1) is 20.5 Å². The molecule has 9 heteroatoms. The zero-order valence-electron chi connectivity index (χ0n) is 14.7. The Morgan fingerprint density at radius 1 is 1.12 bits per heavy atom. The van der Waals surface area contributed by atoms with Crippen molar-refractivity contribution in [2.75, 3.05) is 26.6 Å². The molecule has 0 bridgehead atoms. The van der Waals surface area contributed by atoms with Crippen LogP contribution < -0.4 is 5.32 Å². The molecule has 0 atom stereocenters. The second-order valence-electron chi connectivity index (χ2n) is 5.53. The fourth-order valence-electron chi connectivity index (χ4n) is 2.65. The van der Waals surface area contributed by atoms with E-state index in [4.69, 9.17) is 0 Å². The number of methoxy groups -OCH3 is 2. The minimum absolute atomic E-state index is 0.413. The van der Waals surface area contributed by atoms with Crippen LogP contribution in [0.4, 0.5) is 5.82 Å². The van der Waals surface area contributed by atoms with Crippen LogP contribution in [0.3, 0.4) is 0 Å². The number of anilines is 1. The summed E-state index contributed by atoms with van der Waals surface area (Å²) in [6, 6.07) is 0. The maximum Gasteiger partial charge on any atom is 0.320 e. The molecule has 25 heavy (non-hydrogen) atoms. The van der Waals surface area contributed by atoms with Gasteiger partial charge >= 0.3 is 11.9 Å². The van der Waals surface area contributed by atoms with Crippen molar-refractivity contribution < 1.29 is 19.1 Å². The Hall–Kier alpha value is -2.71. The van der Waals surface area contributed by atoms with E-state index in [9.17, 15) is 9.59 Å². The number of hydrogen-bond donors (Lipinski definition) is 1. The van der Waals surface area contributed by atoms with Gasteiger partial charge in [-0.05, 0) is 12.8 Å². The van der Waals surface area contributed by atoms with Gasteiger partial charge in [0.2, 0.25) is 0 Å². The predicted octanol–water partition coefficient (Wildman–Crippen LogP) is 1.39. The number of imidazole rings is 1. The predicted molar refractivity (Wildman–Crippen MR) is 90.9 cm³/mol. The summed E-state index contributed by atoms with van der Waals surface area (Å²) in [5.41, 5.74) is 1.52. The summed E-state index contributed by atoms with van der Waals surface area (Å²) in [6.07, 6.45) is 6.11. The number of carbonyl (C=O) groups excluding carboxylic acids is 2. The number of rotatable bonds is 9. The Labute approximate surface area is 145 Å². The first kappa shape index (κ1) is 18.6. The maximum atomic E-state index is 11.6. The molecule has 2 aromatic heterocycles. The smallest absolute Gasteiger partial charge is 0.320 e. The van der Waals surface area contributed by atoms with Crippen molar-refractivity contribution in [3.05, 3.63) is 12.7 Å². The van der Waals surface area contributed by atoms with Crippen molar-refractivity contribution in [2.45, 2.75) is 32.2 Å². The molecule has 9 nitrogen and oxygen atoms in total. The highest BCUT2D eigenvalue weighted by atomic mass is 16.5. The minimum Gasteiger partial charge on any atom is -0.468 e. The van der Waals surface area contributed by atoms with Crippen molar-refractivity contribution in [1.82, 2.24) is 19.5 Å². The Kier molecular flexibility index (Phi) is 6.67. The third-order valence-corrected chi connectivity index (χ3v) is 4.00. The van der Waals surface area contributed by atoms with Gasteiger partial charge in [-0.2, -0.15) is 0 Å². The highest BCUT2D eigenvalue weighted by molar-refractivity contribution is 5.94. The van der Waals surface area contributed by atoms with Crippen molar-refractivity contribution in [3.63, 3.8) is 0 Å². The van der Waals surface area contributed by atoms with Crippen LogP contribution in [0.25, 0.3) is 11.2 Å². The molecule has 2 heterocycles. The Balaban J connectivity index is 1.85. The molecule has 0 saturated heterocycles. The first-order valence-corrected chi connectivity index (χ1v) is 8.11. The number of unbranched alkanes of at least 4 members (excludes halogenated alkanes) is 2. The Bertz CT molecular complexity index is 714. The summed E-state index contributed by atoms with van der Waals surface area (Å²) in [6.45, 7) is 0.748. The number of ether oxygens (including phenoxy) is 2. The molecule has 0 fully saturated rings. The Morgan fingerprint density at radius 2 is 1.84 bits per heavy atom. The monoisotopic (exact) mass is 349 g/mol. The highest BCUT2D eigenvalue weighted by Crippen LogP contribution is 2.18. The fraction of sp³-hybridized carbons (Fsp3) is 0.562. The van der Waals surface area contributed by atoms with Crippen LogP contribution in [0.1, 0.15) is 25.7 Å². The molecule has 0 unspecified atom stereocenters. The van der Waals surface area contributed by atoms with E-state index in [1.165, 1.54) is 20.5 Å². The second kappa shape index (κ2) is 8.95. The molecule has 0 aliphatic heterocycles. The normalized spacial score (nSPS) is 10.9. The lowest BCUT2D eigenvalue weighted by Gasteiger charge is -2.12. The number of fused-ring (bicyclic) bond motifs is 1. The van der Waals surface area contributed by atoms with Crippen molar-refractivity contribution in [2.24, 2.45) is 5.92 Å². The van der Waals surface area contributed by atoms with Crippen LogP contribution in [0.2, 0.25) is 0 Å². The number of nitrogens with zero attached hydrogens (tertiary/aromatic N) is 4. The van der Waals surface area contributed by atoms with Gasteiger partial charge in [0.15, 0.2) is 17.4 Å². The number of nitrogens with one attached hydrogen (secondary N) is 1. The van der Waals surface area contributed by atoms with Crippen LogP contribution in [-0.2, 0) is 25.6 Å². The van der Waals surface area contributed by atoms with Gasteiger partial charge in [0, 0.05) is 13.6 Å².